The van der Waals surface area contributed by atoms with Crippen LogP contribution in [-0.4, -0.2) is 43.0 Å². The first-order valence-electron chi connectivity index (χ1n) is 11.4. The maximum absolute atomic E-state index is 13.1. The van der Waals surface area contributed by atoms with Crippen LogP contribution in [-0.2, 0) is 0 Å². The molecule has 2 heterocycles. The third-order valence-electron chi connectivity index (χ3n) is 6.23. The van der Waals surface area contributed by atoms with Gasteiger partial charge in [-0.05, 0) is 56.0 Å². The standard InChI is InChI=1S/C26H24N4O5/c31-15-19-22(33)6-3-7-23(19)35-24-14-16(12-13-27-24)25(34)29-26-28-20-4-1-2-5-21(20)30(26)17-8-10-18(32)11-9-17/h1-7,12-15,17-18,32-33H,8-11H2,(H,28,29,34). The van der Waals surface area contributed by atoms with Gasteiger partial charge in [-0.3, -0.25) is 9.59 Å². The number of rotatable bonds is 5. The number of carbonyl (C=O) groups excluding carboxylic acids is 2. The summed E-state index contributed by atoms with van der Waals surface area (Å²) in [6.07, 6.45) is 4.61. The largest absolute Gasteiger partial charge is 0.507 e. The number of hydrogen-bond acceptors (Lipinski definition) is 6. The Morgan fingerprint density at radius 2 is 1.91 bits per heavy atom. The Balaban J connectivity index is 1.49. The normalized spacial score (nSPS) is 18.5. The second-order valence-electron chi connectivity index (χ2n) is 8.51. The van der Waals surface area contributed by atoms with Gasteiger partial charge in [0.25, 0.3) is 5.91 Å². The summed E-state index contributed by atoms with van der Waals surface area (Å²) in [6.45, 7) is 0. The average Bonchev–Trinajstić information content (AvgIpc) is 3.22. The van der Waals surface area contributed by atoms with E-state index < -0.39 is 5.91 Å². The van der Waals surface area contributed by atoms with E-state index in [1.165, 1.54) is 30.5 Å². The topological polar surface area (TPSA) is 130 Å². The minimum atomic E-state index is -0.486. The number of fused-ring (bicyclic) bond motifs is 1. The van der Waals surface area contributed by atoms with E-state index in [-0.39, 0.29) is 40.7 Å². The number of pyridine rings is 1. The van der Waals surface area contributed by atoms with E-state index in [1.54, 1.807) is 6.07 Å². The highest BCUT2D eigenvalue weighted by molar-refractivity contribution is 5.95. The number of H-pyrrole nitrogens is 1. The molecule has 4 aromatic rings. The number of aromatic amines is 1. The van der Waals surface area contributed by atoms with Crippen LogP contribution in [0.15, 0.2) is 65.8 Å². The molecule has 1 aliphatic carbocycles. The molecule has 0 unspecified atom stereocenters. The predicted molar refractivity (Wildman–Crippen MR) is 127 cm³/mol. The van der Waals surface area contributed by atoms with Gasteiger partial charge in [0.1, 0.15) is 11.5 Å². The number of amides is 1. The molecule has 35 heavy (non-hydrogen) atoms. The first-order valence-corrected chi connectivity index (χ1v) is 11.4. The fourth-order valence-corrected chi connectivity index (χ4v) is 4.46. The molecule has 0 spiro atoms. The molecule has 9 nitrogen and oxygen atoms in total. The van der Waals surface area contributed by atoms with Crippen LogP contribution in [0.3, 0.4) is 0 Å². The fraction of sp³-hybridized carbons (Fsp3) is 0.231. The van der Waals surface area contributed by atoms with Crippen LogP contribution >= 0.6 is 0 Å². The van der Waals surface area contributed by atoms with Gasteiger partial charge >= 0.3 is 0 Å². The molecule has 1 fully saturated rings. The summed E-state index contributed by atoms with van der Waals surface area (Å²) in [5.41, 5.74) is 2.51. The molecule has 1 amide bonds. The first-order chi connectivity index (χ1) is 17.0. The number of aromatic nitrogens is 3. The minimum Gasteiger partial charge on any atom is -0.507 e. The molecule has 0 atom stereocenters. The number of aliphatic hydroxyl groups is 1. The van der Waals surface area contributed by atoms with Gasteiger partial charge in [0.05, 0.1) is 22.7 Å². The van der Waals surface area contributed by atoms with E-state index in [0.29, 0.717) is 24.7 Å². The maximum Gasteiger partial charge on any atom is 0.280 e. The Morgan fingerprint density at radius 1 is 1.11 bits per heavy atom. The quantitative estimate of drug-likeness (QED) is 0.378. The second-order valence-corrected chi connectivity index (χ2v) is 8.51. The van der Waals surface area contributed by atoms with Crippen LogP contribution in [0.5, 0.6) is 17.4 Å². The van der Waals surface area contributed by atoms with Crippen molar-refractivity contribution in [3.63, 3.8) is 0 Å². The number of nitrogens with zero attached hydrogens (tertiary/aromatic N) is 3. The molecule has 0 bridgehead atoms. The molecule has 1 saturated carbocycles. The van der Waals surface area contributed by atoms with Crippen molar-refractivity contribution in [1.82, 2.24) is 14.5 Å². The zero-order chi connectivity index (χ0) is 24.4. The SMILES string of the molecule is O=Cc1c(O)cccc1Oc1cc(C(=O)/N=c2\[nH]c3ccccc3n2C2CCC(O)CC2)ccn1. The van der Waals surface area contributed by atoms with E-state index in [4.69, 9.17) is 4.74 Å². The van der Waals surface area contributed by atoms with Crippen molar-refractivity contribution in [2.24, 2.45) is 4.99 Å². The molecular weight excluding hydrogens is 448 g/mol. The number of para-hydroxylation sites is 2. The van der Waals surface area contributed by atoms with Crippen LogP contribution in [0.2, 0.25) is 0 Å². The number of imidazole rings is 1. The van der Waals surface area contributed by atoms with E-state index in [1.807, 2.05) is 28.8 Å². The van der Waals surface area contributed by atoms with Gasteiger partial charge < -0.3 is 24.5 Å². The van der Waals surface area contributed by atoms with Crippen LogP contribution in [0.1, 0.15) is 52.4 Å². The summed E-state index contributed by atoms with van der Waals surface area (Å²) in [6, 6.07) is 15.3. The smallest absolute Gasteiger partial charge is 0.280 e. The van der Waals surface area contributed by atoms with E-state index in [9.17, 15) is 19.8 Å². The number of hydrogen-bond donors (Lipinski definition) is 3. The highest BCUT2D eigenvalue weighted by Crippen LogP contribution is 2.31. The molecule has 9 heteroatoms. The van der Waals surface area contributed by atoms with Crippen molar-refractivity contribution >= 4 is 23.2 Å². The first kappa shape index (κ1) is 22.5. The number of aromatic hydroxyl groups is 1. The van der Waals surface area contributed by atoms with Gasteiger partial charge in [0, 0.05) is 23.9 Å². The number of benzene rings is 2. The molecule has 178 valence electrons. The summed E-state index contributed by atoms with van der Waals surface area (Å²) >= 11 is 0. The van der Waals surface area contributed by atoms with Crippen molar-refractivity contribution < 1.29 is 24.5 Å². The zero-order valence-corrected chi connectivity index (χ0v) is 18.8. The number of carbonyl (C=O) groups is 2. The maximum atomic E-state index is 13.1. The molecule has 0 aliphatic heterocycles. The van der Waals surface area contributed by atoms with Crippen molar-refractivity contribution in [1.29, 1.82) is 0 Å². The monoisotopic (exact) mass is 472 g/mol. The van der Waals surface area contributed by atoms with Crippen LogP contribution < -0.4 is 10.4 Å². The average molecular weight is 473 g/mol. The van der Waals surface area contributed by atoms with Crippen molar-refractivity contribution in [2.75, 3.05) is 0 Å². The third-order valence-corrected chi connectivity index (χ3v) is 6.23. The number of phenolic OH excluding ortho intramolecular Hbond substituents is 1. The molecule has 0 radical (unpaired) electrons. The molecule has 3 N–H and O–H groups in total. The van der Waals surface area contributed by atoms with Crippen LogP contribution in [0.4, 0.5) is 0 Å². The minimum absolute atomic E-state index is 0.00700. The summed E-state index contributed by atoms with van der Waals surface area (Å²) in [7, 11) is 0. The van der Waals surface area contributed by atoms with Crippen molar-refractivity contribution in [3.8, 4) is 17.4 Å². The lowest BCUT2D eigenvalue weighted by Gasteiger charge is -2.27. The van der Waals surface area contributed by atoms with Gasteiger partial charge in [0.2, 0.25) is 11.5 Å². The highest BCUT2D eigenvalue weighted by Gasteiger charge is 2.23. The Kier molecular flexibility index (Phi) is 6.15. The lowest BCUT2D eigenvalue weighted by molar-refractivity contribution is 0.0989. The molecule has 0 saturated heterocycles. The Labute approximate surface area is 200 Å². The Morgan fingerprint density at radius 3 is 2.71 bits per heavy atom. The van der Waals surface area contributed by atoms with Gasteiger partial charge in [-0.1, -0.05) is 18.2 Å². The van der Waals surface area contributed by atoms with Gasteiger partial charge in [0.15, 0.2) is 6.29 Å². The van der Waals surface area contributed by atoms with Crippen LogP contribution in [0.25, 0.3) is 11.0 Å². The number of aliphatic hydroxyl groups excluding tert-OH is 1. The summed E-state index contributed by atoms with van der Waals surface area (Å²) < 4.78 is 7.71. The fourth-order valence-electron chi connectivity index (χ4n) is 4.46. The molecular formula is C26H24N4O5. The predicted octanol–water partition coefficient (Wildman–Crippen LogP) is 3.89. The van der Waals surface area contributed by atoms with Gasteiger partial charge in [-0.25, -0.2) is 4.98 Å². The molecule has 1 aliphatic rings. The van der Waals surface area contributed by atoms with Crippen molar-refractivity contribution in [3.05, 3.63) is 77.5 Å². The lowest BCUT2D eigenvalue weighted by atomic mass is 9.93. The second kappa shape index (κ2) is 9.55. The van der Waals surface area contributed by atoms with Crippen molar-refractivity contribution in [2.45, 2.75) is 37.8 Å². The van der Waals surface area contributed by atoms with E-state index in [2.05, 4.69) is 15.0 Å². The number of phenols is 1. The lowest BCUT2D eigenvalue weighted by Crippen LogP contribution is -2.29. The Bertz CT molecular complexity index is 1460. The van der Waals surface area contributed by atoms with Gasteiger partial charge in [-0.15, -0.1) is 0 Å². The Hall–Kier alpha value is -4.24. The molecule has 5 rings (SSSR count). The number of aldehydes is 1. The van der Waals surface area contributed by atoms with E-state index >= 15 is 0 Å². The molecule has 2 aromatic heterocycles. The van der Waals surface area contributed by atoms with Gasteiger partial charge in [-0.2, -0.15) is 4.99 Å². The van der Waals surface area contributed by atoms with Crippen LogP contribution in [0, 0.1) is 0 Å². The summed E-state index contributed by atoms with van der Waals surface area (Å²) in [4.78, 5) is 36.2. The summed E-state index contributed by atoms with van der Waals surface area (Å²) in [5.74, 6) is -0.481. The van der Waals surface area contributed by atoms with E-state index in [0.717, 1.165) is 23.9 Å². The zero-order valence-electron chi connectivity index (χ0n) is 18.8. The number of ether oxygens (including phenoxy) is 1. The summed E-state index contributed by atoms with van der Waals surface area (Å²) in [5, 5.41) is 19.8. The highest BCUT2D eigenvalue weighted by atomic mass is 16.5. The number of nitrogens with one attached hydrogen (secondary N) is 1. The third kappa shape index (κ3) is 4.58. The molecule has 2 aromatic carbocycles.